The summed E-state index contributed by atoms with van der Waals surface area (Å²) in [6, 6.07) is 17.6. The van der Waals surface area contributed by atoms with Gasteiger partial charge in [0.1, 0.15) is 11.6 Å². The van der Waals surface area contributed by atoms with Gasteiger partial charge in [-0.2, -0.15) is 14.0 Å². The zero-order chi connectivity index (χ0) is 28.1. The summed E-state index contributed by atoms with van der Waals surface area (Å²) in [5, 5.41) is 17.4. The number of aromatic nitrogens is 3. The van der Waals surface area contributed by atoms with Crippen molar-refractivity contribution in [2.75, 3.05) is 30.8 Å². The van der Waals surface area contributed by atoms with Crippen molar-refractivity contribution in [3.8, 4) is 0 Å². The quantitative estimate of drug-likeness (QED) is 0.232. The number of anilines is 4. The second kappa shape index (κ2) is 11.9. The molecular formula is C28H30FN7O3S. The lowest BCUT2D eigenvalue weighted by molar-refractivity contribution is -0.605. The highest BCUT2D eigenvalue weighted by Crippen LogP contribution is 2.25. The molecule has 12 heteroatoms. The Hall–Kier alpha value is -4.13. The van der Waals surface area contributed by atoms with Gasteiger partial charge in [-0.3, -0.25) is 4.90 Å². The summed E-state index contributed by atoms with van der Waals surface area (Å²) in [7, 11) is -2.03. The summed E-state index contributed by atoms with van der Waals surface area (Å²) < 4.78 is 42.1. The number of hydrogen-bond acceptors (Lipinski definition) is 8. The van der Waals surface area contributed by atoms with Crippen LogP contribution in [0.3, 0.4) is 0 Å². The Labute approximate surface area is 232 Å². The summed E-state index contributed by atoms with van der Waals surface area (Å²) in [5.41, 5.74) is 2.38. The van der Waals surface area contributed by atoms with E-state index in [9.17, 15) is 18.0 Å². The van der Waals surface area contributed by atoms with E-state index in [1.54, 1.807) is 55.7 Å². The van der Waals surface area contributed by atoms with Gasteiger partial charge in [-0.15, -0.1) is 0 Å². The van der Waals surface area contributed by atoms with Crippen LogP contribution in [-0.4, -0.2) is 53.8 Å². The standard InChI is InChI=1S/C28H30FN7O3S/c1-34(25-13-16-35(17-14-25)20-21-11-18-36(37)19-12-21)40(38,39)26-8-6-24(7-9-26)32-28-30-15-10-27(33-28)31-23-4-2-22(29)3-5-23/h2-12,15,18-19,25H,13-14,16-17,20H2,1H3,(H2,30,31,32,33). The normalized spacial score (nSPS) is 14.8. The lowest BCUT2D eigenvalue weighted by atomic mass is 10.0. The molecule has 5 rings (SSSR count). The van der Waals surface area contributed by atoms with Crippen LogP contribution in [0.15, 0.2) is 90.2 Å². The van der Waals surface area contributed by atoms with Gasteiger partial charge in [-0.1, -0.05) is 0 Å². The van der Waals surface area contributed by atoms with Crippen molar-refractivity contribution < 1.29 is 17.5 Å². The third-order valence-electron chi connectivity index (χ3n) is 6.91. The maximum Gasteiger partial charge on any atom is 0.243 e. The first-order valence-corrected chi connectivity index (χ1v) is 14.3. The molecule has 1 saturated heterocycles. The van der Waals surface area contributed by atoms with Crippen LogP contribution in [-0.2, 0) is 16.6 Å². The number of halogens is 1. The number of benzene rings is 2. The number of sulfonamides is 1. The molecule has 4 aromatic rings. The average molecular weight is 564 g/mol. The molecular weight excluding hydrogens is 533 g/mol. The van der Waals surface area contributed by atoms with Gasteiger partial charge in [0, 0.05) is 62.4 Å². The fraction of sp³-hybridized carbons (Fsp3) is 0.250. The van der Waals surface area contributed by atoms with E-state index in [1.165, 1.54) is 28.8 Å². The van der Waals surface area contributed by atoms with Gasteiger partial charge in [0.15, 0.2) is 12.4 Å². The number of pyridine rings is 1. The van der Waals surface area contributed by atoms with Crippen LogP contribution in [0.25, 0.3) is 0 Å². The molecule has 40 heavy (non-hydrogen) atoms. The van der Waals surface area contributed by atoms with E-state index in [4.69, 9.17) is 0 Å². The molecule has 208 valence electrons. The van der Waals surface area contributed by atoms with Crippen LogP contribution >= 0.6 is 0 Å². The molecule has 1 fully saturated rings. The van der Waals surface area contributed by atoms with E-state index in [-0.39, 0.29) is 16.8 Å². The molecule has 0 aliphatic carbocycles. The first-order chi connectivity index (χ1) is 19.3. The number of hydrogen-bond donors (Lipinski definition) is 2. The molecule has 0 saturated carbocycles. The third-order valence-corrected chi connectivity index (χ3v) is 8.83. The topological polar surface area (TPSA) is 117 Å². The summed E-state index contributed by atoms with van der Waals surface area (Å²) in [6.07, 6.45) is 6.01. The van der Waals surface area contributed by atoms with Crippen LogP contribution in [0.1, 0.15) is 18.4 Å². The molecule has 2 N–H and O–H groups in total. The van der Waals surface area contributed by atoms with Crippen molar-refractivity contribution >= 4 is 33.2 Å². The number of nitrogens with one attached hydrogen (secondary N) is 2. The van der Waals surface area contributed by atoms with E-state index in [2.05, 4.69) is 25.5 Å². The van der Waals surface area contributed by atoms with Gasteiger partial charge >= 0.3 is 0 Å². The van der Waals surface area contributed by atoms with Crippen molar-refractivity contribution in [1.82, 2.24) is 19.2 Å². The number of rotatable bonds is 9. The van der Waals surface area contributed by atoms with Gasteiger partial charge in [-0.25, -0.2) is 17.8 Å². The minimum Gasteiger partial charge on any atom is -0.619 e. The number of likely N-dealkylation sites (tertiary alicyclic amines) is 1. The summed E-state index contributed by atoms with van der Waals surface area (Å²) in [6.45, 7) is 2.27. The van der Waals surface area contributed by atoms with Crippen LogP contribution < -0.4 is 15.4 Å². The van der Waals surface area contributed by atoms with E-state index in [0.717, 1.165) is 42.8 Å². The van der Waals surface area contributed by atoms with Crippen LogP contribution in [0.5, 0.6) is 0 Å². The van der Waals surface area contributed by atoms with Crippen molar-refractivity contribution in [3.05, 3.63) is 102 Å². The van der Waals surface area contributed by atoms with Gasteiger partial charge in [0.2, 0.25) is 16.0 Å². The highest BCUT2D eigenvalue weighted by Gasteiger charge is 2.31. The zero-order valence-electron chi connectivity index (χ0n) is 21.9. The SMILES string of the molecule is CN(C1CCN(Cc2cc[n+]([O-])cc2)CC1)S(=O)(=O)c1ccc(Nc2nccc(Nc3ccc(F)cc3)n2)cc1. The zero-order valence-corrected chi connectivity index (χ0v) is 22.8. The molecule has 0 unspecified atom stereocenters. The van der Waals surface area contributed by atoms with E-state index < -0.39 is 10.0 Å². The molecule has 0 amide bonds. The molecule has 2 aromatic carbocycles. The second-order valence-electron chi connectivity index (χ2n) is 9.64. The smallest absolute Gasteiger partial charge is 0.243 e. The van der Waals surface area contributed by atoms with Gasteiger partial charge in [-0.05, 0) is 73.0 Å². The Morgan fingerprint density at radius 2 is 1.60 bits per heavy atom. The molecule has 10 nitrogen and oxygen atoms in total. The lowest BCUT2D eigenvalue weighted by Gasteiger charge is -2.36. The predicted octanol–water partition coefficient (Wildman–Crippen LogP) is 4.02. The summed E-state index contributed by atoms with van der Waals surface area (Å²) in [5.74, 6) is 0.530. The van der Waals surface area contributed by atoms with Gasteiger partial charge < -0.3 is 15.8 Å². The third kappa shape index (κ3) is 6.71. The van der Waals surface area contributed by atoms with Crippen LogP contribution in [0.4, 0.5) is 27.5 Å². The largest absolute Gasteiger partial charge is 0.619 e. The van der Waals surface area contributed by atoms with Gasteiger partial charge in [0.25, 0.3) is 0 Å². The number of piperidine rings is 1. The van der Waals surface area contributed by atoms with Crippen molar-refractivity contribution in [1.29, 1.82) is 0 Å². The van der Waals surface area contributed by atoms with Crippen molar-refractivity contribution in [2.24, 2.45) is 0 Å². The average Bonchev–Trinajstić information content (AvgIpc) is 2.96. The molecule has 0 spiro atoms. The first kappa shape index (κ1) is 27.4. The Bertz CT molecular complexity index is 1530. The van der Waals surface area contributed by atoms with E-state index in [1.807, 2.05) is 12.1 Å². The van der Waals surface area contributed by atoms with Crippen LogP contribution in [0, 0.1) is 11.0 Å². The highest BCUT2D eigenvalue weighted by atomic mass is 32.2. The van der Waals surface area contributed by atoms with Crippen molar-refractivity contribution in [3.63, 3.8) is 0 Å². The van der Waals surface area contributed by atoms with Crippen molar-refractivity contribution in [2.45, 2.75) is 30.3 Å². The Kier molecular flexibility index (Phi) is 8.19. The maximum absolute atomic E-state index is 13.3. The van der Waals surface area contributed by atoms with E-state index >= 15 is 0 Å². The molecule has 3 heterocycles. The fourth-order valence-electron chi connectivity index (χ4n) is 4.62. The fourth-order valence-corrected chi connectivity index (χ4v) is 6.04. The molecule has 0 radical (unpaired) electrons. The molecule has 0 atom stereocenters. The Morgan fingerprint density at radius 3 is 2.27 bits per heavy atom. The minimum absolute atomic E-state index is 0.0941. The monoisotopic (exact) mass is 563 g/mol. The predicted molar refractivity (Wildman–Crippen MR) is 150 cm³/mol. The highest BCUT2D eigenvalue weighted by molar-refractivity contribution is 7.89. The van der Waals surface area contributed by atoms with E-state index in [0.29, 0.717) is 23.1 Å². The summed E-state index contributed by atoms with van der Waals surface area (Å²) in [4.78, 5) is 11.1. The molecule has 1 aliphatic rings. The lowest BCUT2D eigenvalue weighted by Crippen LogP contribution is -2.45. The van der Waals surface area contributed by atoms with Gasteiger partial charge in [0.05, 0.1) is 4.90 Å². The van der Waals surface area contributed by atoms with Crippen LogP contribution in [0.2, 0.25) is 0 Å². The maximum atomic E-state index is 13.3. The Balaban J connectivity index is 1.17. The molecule has 2 aromatic heterocycles. The molecule has 0 bridgehead atoms. The Morgan fingerprint density at radius 1 is 0.975 bits per heavy atom. The second-order valence-corrected chi connectivity index (χ2v) is 11.6. The summed E-state index contributed by atoms with van der Waals surface area (Å²) >= 11 is 0. The number of nitrogens with zero attached hydrogens (tertiary/aromatic N) is 5. The minimum atomic E-state index is -3.67. The first-order valence-electron chi connectivity index (χ1n) is 12.9. The molecule has 1 aliphatic heterocycles.